The van der Waals surface area contributed by atoms with E-state index in [1.54, 1.807) is 42.1 Å². The Morgan fingerprint density at radius 3 is 2.67 bits per heavy atom. The summed E-state index contributed by atoms with van der Waals surface area (Å²) in [6.45, 7) is 2.64. The van der Waals surface area contributed by atoms with Crippen LogP contribution in [0.1, 0.15) is 47.4 Å². The van der Waals surface area contributed by atoms with Crippen LogP contribution in [-0.4, -0.2) is 47.3 Å². The van der Waals surface area contributed by atoms with Gasteiger partial charge < -0.3 is 15.5 Å². The highest BCUT2D eigenvalue weighted by molar-refractivity contribution is 5.93. The smallest absolute Gasteiger partial charge is 0.306 e. The van der Waals surface area contributed by atoms with Gasteiger partial charge in [0.1, 0.15) is 11.4 Å². The van der Waals surface area contributed by atoms with Crippen LogP contribution < -0.4 is 5.32 Å². The second-order valence-corrected chi connectivity index (χ2v) is 8.46. The van der Waals surface area contributed by atoms with Crippen molar-refractivity contribution >= 4 is 11.9 Å². The Kier molecular flexibility index (Phi) is 6.62. The molecule has 1 aliphatic rings. The van der Waals surface area contributed by atoms with Crippen LogP contribution in [0.2, 0.25) is 0 Å². The minimum Gasteiger partial charge on any atom is -0.508 e. The molecule has 1 fully saturated rings. The number of pyridine rings is 1. The first-order chi connectivity index (χ1) is 15.9. The monoisotopic (exact) mass is 450 g/mol. The van der Waals surface area contributed by atoms with Crippen molar-refractivity contribution in [2.24, 2.45) is 11.8 Å². The molecule has 0 saturated heterocycles. The number of aromatic nitrogens is 5. The lowest BCUT2D eigenvalue weighted by molar-refractivity contribution is -0.143. The van der Waals surface area contributed by atoms with Gasteiger partial charge in [-0.05, 0) is 73.6 Å². The zero-order chi connectivity index (χ0) is 23.4. The highest BCUT2D eigenvalue weighted by Gasteiger charge is 2.26. The predicted molar refractivity (Wildman–Crippen MR) is 118 cm³/mol. The third-order valence-corrected chi connectivity index (χ3v) is 5.88. The van der Waals surface area contributed by atoms with E-state index in [2.05, 4.69) is 25.7 Å². The molecule has 1 aromatic carbocycles. The third kappa shape index (κ3) is 5.71. The minimum atomic E-state index is -0.718. The summed E-state index contributed by atoms with van der Waals surface area (Å²) in [7, 11) is 0. The van der Waals surface area contributed by atoms with E-state index in [1.807, 2.05) is 6.07 Å². The van der Waals surface area contributed by atoms with Gasteiger partial charge in [0.25, 0.3) is 5.91 Å². The highest BCUT2D eigenvalue weighted by Crippen LogP contribution is 2.29. The lowest BCUT2D eigenvalue weighted by Crippen LogP contribution is -2.24. The fourth-order valence-corrected chi connectivity index (χ4v) is 4.11. The average Bonchev–Trinajstić information content (AvgIpc) is 3.26. The van der Waals surface area contributed by atoms with Gasteiger partial charge in [0, 0.05) is 17.8 Å². The SMILES string of the molecule is Cc1cc(-c2nnn(C[C@H]3CC[C@H](C(=O)O)CC3)n2)cc(C(=O)NCc2cccc(O)c2)n1. The second kappa shape index (κ2) is 9.76. The van der Waals surface area contributed by atoms with Gasteiger partial charge in [-0.25, -0.2) is 4.98 Å². The van der Waals surface area contributed by atoms with Crippen molar-refractivity contribution in [3.63, 3.8) is 0 Å². The molecule has 1 aliphatic carbocycles. The largest absolute Gasteiger partial charge is 0.508 e. The molecule has 33 heavy (non-hydrogen) atoms. The summed E-state index contributed by atoms with van der Waals surface area (Å²) in [6, 6.07) is 10.1. The average molecular weight is 450 g/mol. The molecule has 2 heterocycles. The number of carboxylic acids is 1. The van der Waals surface area contributed by atoms with Crippen LogP contribution in [0.3, 0.4) is 0 Å². The molecule has 0 spiro atoms. The summed E-state index contributed by atoms with van der Waals surface area (Å²) < 4.78 is 0. The minimum absolute atomic E-state index is 0.141. The topological polar surface area (TPSA) is 143 Å². The van der Waals surface area contributed by atoms with E-state index in [-0.39, 0.29) is 29.8 Å². The number of carbonyl (C=O) groups excluding carboxylic acids is 1. The number of nitrogens with one attached hydrogen (secondary N) is 1. The molecule has 3 N–H and O–H groups in total. The zero-order valence-electron chi connectivity index (χ0n) is 18.3. The van der Waals surface area contributed by atoms with Crippen LogP contribution in [0.4, 0.5) is 0 Å². The molecular weight excluding hydrogens is 424 g/mol. The number of tetrazole rings is 1. The molecule has 0 radical (unpaired) electrons. The number of phenols is 1. The Morgan fingerprint density at radius 1 is 1.15 bits per heavy atom. The van der Waals surface area contributed by atoms with Crippen molar-refractivity contribution in [3.8, 4) is 17.1 Å². The standard InChI is InChI=1S/C23H26N6O4/c1-14-9-18(11-20(25-14)22(31)24-12-16-3-2-4-19(30)10-16)21-26-28-29(27-21)13-15-5-7-17(8-6-15)23(32)33/h2-4,9-11,15,17,30H,5-8,12-13H2,1H3,(H,24,31)(H,32,33)/t15-,17-. The lowest BCUT2D eigenvalue weighted by atomic mass is 9.82. The van der Waals surface area contributed by atoms with Gasteiger partial charge in [0.2, 0.25) is 5.82 Å². The van der Waals surface area contributed by atoms with Crippen LogP contribution in [0.5, 0.6) is 5.75 Å². The van der Waals surface area contributed by atoms with Crippen molar-refractivity contribution in [1.29, 1.82) is 0 Å². The fraction of sp³-hybridized carbons (Fsp3) is 0.391. The highest BCUT2D eigenvalue weighted by atomic mass is 16.4. The van der Waals surface area contributed by atoms with Gasteiger partial charge in [-0.2, -0.15) is 4.80 Å². The first-order valence-corrected chi connectivity index (χ1v) is 10.9. The molecule has 1 saturated carbocycles. The second-order valence-electron chi connectivity index (χ2n) is 8.46. The zero-order valence-corrected chi connectivity index (χ0v) is 18.3. The number of aromatic hydroxyl groups is 1. The van der Waals surface area contributed by atoms with Crippen LogP contribution in [0.15, 0.2) is 36.4 Å². The van der Waals surface area contributed by atoms with Crippen LogP contribution >= 0.6 is 0 Å². The van der Waals surface area contributed by atoms with E-state index in [0.717, 1.165) is 18.4 Å². The van der Waals surface area contributed by atoms with E-state index in [9.17, 15) is 14.7 Å². The van der Waals surface area contributed by atoms with Crippen molar-refractivity contribution < 1.29 is 19.8 Å². The van der Waals surface area contributed by atoms with Crippen molar-refractivity contribution in [1.82, 2.24) is 30.5 Å². The number of hydrogen-bond acceptors (Lipinski definition) is 7. The number of carbonyl (C=O) groups is 2. The molecule has 1 amide bonds. The molecule has 0 bridgehead atoms. The first-order valence-electron chi connectivity index (χ1n) is 10.9. The number of amides is 1. The summed E-state index contributed by atoms with van der Waals surface area (Å²) >= 11 is 0. The number of carboxylic acid groups (broad SMARTS) is 1. The summed E-state index contributed by atoms with van der Waals surface area (Å²) in [4.78, 5) is 29.6. The Balaban J connectivity index is 1.41. The summed E-state index contributed by atoms with van der Waals surface area (Å²) in [5.74, 6) is -0.447. The first kappa shape index (κ1) is 22.4. The molecule has 0 unspecified atom stereocenters. The summed E-state index contributed by atoms with van der Waals surface area (Å²) in [6.07, 6.45) is 3.00. The van der Waals surface area contributed by atoms with Gasteiger partial charge in [-0.3, -0.25) is 9.59 Å². The number of phenolic OH excluding ortho intramolecular Hbond substituents is 1. The Morgan fingerprint density at radius 2 is 1.94 bits per heavy atom. The maximum Gasteiger partial charge on any atom is 0.306 e. The Labute approximate surface area is 190 Å². The van der Waals surface area contributed by atoms with E-state index < -0.39 is 5.97 Å². The van der Waals surface area contributed by atoms with Gasteiger partial charge in [0.05, 0.1) is 12.5 Å². The van der Waals surface area contributed by atoms with Gasteiger partial charge in [0.15, 0.2) is 0 Å². The molecular formula is C23H26N6O4. The molecule has 2 aromatic heterocycles. The lowest BCUT2D eigenvalue weighted by Gasteiger charge is -2.25. The predicted octanol–water partition coefficient (Wildman–Crippen LogP) is 2.57. The number of benzene rings is 1. The van der Waals surface area contributed by atoms with Gasteiger partial charge in [-0.1, -0.05) is 12.1 Å². The van der Waals surface area contributed by atoms with E-state index in [4.69, 9.17) is 5.11 Å². The van der Waals surface area contributed by atoms with Crippen molar-refractivity contribution in [2.45, 2.75) is 45.7 Å². The maximum atomic E-state index is 12.6. The van der Waals surface area contributed by atoms with Crippen molar-refractivity contribution in [2.75, 3.05) is 0 Å². The van der Waals surface area contributed by atoms with Crippen LogP contribution in [0, 0.1) is 18.8 Å². The maximum absolute atomic E-state index is 12.6. The molecule has 0 aliphatic heterocycles. The molecule has 10 nitrogen and oxygen atoms in total. The quantitative estimate of drug-likeness (QED) is 0.498. The number of nitrogens with zero attached hydrogens (tertiary/aromatic N) is 5. The number of aliphatic carboxylic acids is 1. The molecule has 172 valence electrons. The third-order valence-electron chi connectivity index (χ3n) is 5.88. The Hall–Kier alpha value is -3.82. The van der Waals surface area contributed by atoms with Crippen LogP contribution in [0.25, 0.3) is 11.4 Å². The summed E-state index contributed by atoms with van der Waals surface area (Å²) in [5, 5.41) is 34.3. The molecule has 3 aromatic rings. The fourth-order valence-electron chi connectivity index (χ4n) is 4.11. The van der Waals surface area contributed by atoms with E-state index in [1.165, 1.54) is 0 Å². The van der Waals surface area contributed by atoms with Crippen LogP contribution in [-0.2, 0) is 17.9 Å². The normalized spacial score (nSPS) is 18.1. The number of hydrogen-bond donors (Lipinski definition) is 3. The molecule has 10 heteroatoms. The number of rotatable bonds is 7. The number of aryl methyl sites for hydroxylation is 1. The van der Waals surface area contributed by atoms with E-state index in [0.29, 0.717) is 42.4 Å². The molecule has 0 atom stereocenters. The van der Waals surface area contributed by atoms with Crippen molar-refractivity contribution in [3.05, 3.63) is 53.3 Å². The van der Waals surface area contributed by atoms with E-state index >= 15 is 0 Å². The van der Waals surface area contributed by atoms with Gasteiger partial charge in [-0.15, -0.1) is 10.2 Å². The van der Waals surface area contributed by atoms with Gasteiger partial charge >= 0.3 is 5.97 Å². The Bertz CT molecular complexity index is 1150. The summed E-state index contributed by atoms with van der Waals surface area (Å²) in [5.41, 5.74) is 2.32. The molecule has 4 rings (SSSR count).